The molecule has 0 amide bonds. The van der Waals surface area contributed by atoms with E-state index in [1.165, 1.54) is 18.2 Å². The minimum atomic E-state index is -3.68. The summed E-state index contributed by atoms with van der Waals surface area (Å²) >= 11 is 3.25. The van der Waals surface area contributed by atoms with Gasteiger partial charge in [-0.2, -0.15) is 0 Å². The Morgan fingerprint density at radius 1 is 1.42 bits per heavy atom. The van der Waals surface area contributed by atoms with Crippen molar-refractivity contribution < 1.29 is 22.7 Å². The van der Waals surface area contributed by atoms with Crippen molar-refractivity contribution in [1.82, 2.24) is 9.62 Å². The van der Waals surface area contributed by atoms with E-state index in [4.69, 9.17) is 9.47 Å². The molecule has 1 fully saturated rings. The third-order valence-corrected chi connectivity index (χ3v) is 6.72. The van der Waals surface area contributed by atoms with Crippen molar-refractivity contribution in [3.63, 3.8) is 0 Å². The Morgan fingerprint density at radius 2 is 2.19 bits per heavy atom. The molecule has 0 saturated carbocycles. The van der Waals surface area contributed by atoms with E-state index < -0.39 is 16.0 Å². The fraction of sp³-hybridized carbons (Fsp3) is 0.588. The summed E-state index contributed by atoms with van der Waals surface area (Å²) in [5.41, 5.74) is 0.305. The Bertz CT molecular complexity index is 726. The van der Waals surface area contributed by atoms with Crippen molar-refractivity contribution in [1.29, 1.82) is 0 Å². The number of carbonyl (C=O) groups excluding carboxylic acids is 1. The summed E-state index contributed by atoms with van der Waals surface area (Å²) in [6.07, 6.45) is 2.00. The second kappa shape index (κ2) is 9.80. The van der Waals surface area contributed by atoms with Crippen molar-refractivity contribution in [3.8, 4) is 0 Å². The number of likely N-dealkylation sites (tertiary alicyclic amines) is 1. The largest absolute Gasteiger partial charge is 0.462 e. The fourth-order valence-electron chi connectivity index (χ4n) is 2.97. The van der Waals surface area contributed by atoms with Gasteiger partial charge in [0.15, 0.2) is 0 Å². The number of benzene rings is 1. The summed E-state index contributed by atoms with van der Waals surface area (Å²) in [6, 6.07) is 4.50. The number of hydrogen-bond donors (Lipinski definition) is 1. The Labute approximate surface area is 163 Å². The maximum Gasteiger partial charge on any atom is 0.338 e. The fourth-order valence-corrected chi connectivity index (χ4v) is 5.12. The van der Waals surface area contributed by atoms with Crippen LogP contribution in [0.25, 0.3) is 0 Å². The van der Waals surface area contributed by atoms with E-state index in [0.29, 0.717) is 23.2 Å². The van der Waals surface area contributed by atoms with Crippen LogP contribution in [0.4, 0.5) is 0 Å². The highest BCUT2D eigenvalue weighted by Crippen LogP contribution is 2.24. The van der Waals surface area contributed by atoms with Gasteiger partial charge in [-0.1, -0.05) is 0 Å². The Balaban J connectivity index is 2.04. The first kappa shape index (κ1) is 21.3. The molecule has 0 radical (unpaired) electrons. The first-order chi connectivity index (χ1) is 12.4. The molecule has 9 heteroatoms. The summed E-state index contributed by atoms with van der Waals surface area (Å²) in [4.78, 5) is 14.1. The molecule has 26 heavy (non-hydrogen) atoms. The zero-order valence-corrected chi connectivity index (χ0v) is 17.4. The Kier molecular flexibility index (Phi) is 8.03. The van der Waals surface area contributed by atoms with Crippen LogP contribution in [0, 0.1) is 0 Å². The van der Waals surface area contributed by atoms with E-state index in [2.05, 4.69) is 25.6 Å². The van der Waals surface area contributed by atoms with Crippen molar-refractivity contribution in [2.24, 2.45) is 0 Å². The predicted molar refractivity (Wildman–Crippen MR) is 102 cm³/mol. The molecule has 1 aromatic carbocycles. The van der Waals surface area contributed by atoms with E-state index in [-0.39, 0.29) is 17.5 Å². The molecule has 1 atom stereocenters. The summed E-state index contributed by atoms with van der Waals surface area (Å²) < 4.78 is 38.3. The number of halogens is 1. The number of hydrogen-bond acceptors (Lipinski definition) is 6. The molecule has 0 aliphatic carbocycles. The van der Waals surface area contributed by atoms with Crippen LogP contribution in [0.5, 0.6) is 0 Å². The maximum absolute atomic E-state index is 12.6. The van der Waals surface area contributed by atoms with Crippen molar-refractivity contribution >= 4 is 31.9 Å². The summed E-state index contributed by atoms with van der Waals surface area (Å²) in [6.45, 7) is 4.70. The summed E-state index contributed by atoms with van der Waals surface area (Å²) in [7, 11) is -2.03. The molecule has 7 nitrogen and oxygen atoms in total. The van der Waals surface area contributed by atoms with Gasteiger partial charge < -0.3 is 9.47 Å². The topological polar surface area (TPSA) is 84.9 Å². The van der Waals surface area contributed by atoms with Crippen LogP contribution in [-0.4, -0.2) is 65.3 Å². The quantitative estimate of drug-likeness (QED) is 0.581. The number of methoxy groups -OCH3 is 1. The zero-order valence-electron chi connectivity index (χ0n) is 15.0. The number of esters is 1. The van der Waals surface area contributed by atoms with E-state index in [1.807, 2.05) is 0 Å². The molecule has 1 heterocycles. The lowest BCUT2D eigenvalue weighted by atomic mass is 10.2. The van der Waals surface area contributed by atoms with Crippen LogP contribution in [0.2, 0.25) is 0 Å². The first-order valence-corrected chi connectivity index (χ1v) is 10.9. The molecule has 2 rings (SSSR count). The Hall–Kier alpha value is -1.00. The van der Waals surface area contributed by atoms with Crippen LogP contribution in [0.15, 0.2) is 27.6 Å². The molecular weight excluding hydrogens is 424 g/mol. The first-order valence-electron chi connectivity index (χ1n) is 8.58. The van der Waals surface area contributed by atoms with Crippen LogP contribution in [0.3, 0.4) is 0 Å². The molecule has 1 unspecified atom stereocenters. The highest BCUT2D eigenvalue weighted by atomic mass is 79.9. The zero-order chi connectivity index (χ0) is 19.2. The molecule has 1 aliphatic rings. The van der Waals surface area contributed by atoms with Gasteiger partial charge in [-0.3, -0.25) is 4.90 Å². The van der Waals surface area contributed by atoms with Gasteiger partial charge in [0.05, 0.1) is 23.7 Å². The SMILES string of the molecule is CCOC(=O)c1ccc(S(=O)(=O)NCC2CCCN2CCOC)c(Br)c1. The monoisotopic (exact) mass is 448 g/mol. The van der Waals surface area contributed by atoms with Gasteiger partial charge in [-0.15, -0.1) is 0 Å². The van der Waals surface area contributed by atoms with E-state index in [1.54, 1.807) is 14.0 Å². The number of sulfonamides is 1. The average molecular weight is 449 g/mol. The molecule has 0 aromatic heterocycles. The summed E-state index contributed by atoms with van der Waals surface area (Å²) in [5, 5.41) is 0. The van der Waals surface area contributed by atoms with Gasteiger partial charge in [0.2, 0.25) is 10.0 Å². The van der Waals surface area contributed by atoms with Gasteiger partial charge in [-0.25, -0.2) is 17.9 Å². The summed E-state index contributed by atoms with van der Waals surface area (Å²) in [5.74, 6) is -0.482. The van der Waals surface area contributed by atoms with Crippen LogP contribution in [0.1, 0.15) is 30.1 Å². The smallest absolute Gasteiger partial charge is 0.338 e. The molecular formula is C17H25BrN2O5S. The van der Waals surface area contributed by atoms with Gasteiger partial charge in [0.25, 0.3) is 0 Å². The number of ether oxygens (including phenoxy) is 2. The minimum Gasteiger partial charge on any atom is -0.462 e. The molecule has 0 spiro atoms. The van der Waals surface area contributed by atoms with Gasteiger partial charge in [0, 0.05) is 30.7 Å². The standard InChI is InChI=1S/C17H25BrN2O5S/c1-3-25-17(21)13-6-7-16(15(18)11-13)26(22,23)19-12-14-5-4-8-20(14)9-10-24-2/h6-7,11,14,19H,3-5,8-10,12H2,1-2H3. The van der Waals surface area contributed by atoms with Gasteiger partial charge in [-0.05, 0) is 60.4 Å². The molecule has 1 N–H and O–H groups in total. The second-order valence-corrected chi connectivity index (χ2v) is 8.63. The normalized spacial score (nSPS) is 18.2. The van der Waals surface area contributed by atoms with E-state index >= 15 is 0 Å². The molecule has 1 aromatic rings. The second-order valence-electron chi connectivity index (χ2n) is 6.04. The predicted octanol–water partition coefficient (Wildman–Crippen LogP) is 2.01. The van der Waals surface area contributed by atoms with Crippen molar-refractivity contribution in [2.75, 3.05) is 40.0 Å². The number of rotatable bonds is 9. The molecule has 1 saturated heterocycles. The average Bonchev–Trinajstić information content (AvgIpc) is 3.05. The minimum absolute atomic E-state index is 0.104. The lowest BCUT2D eigenvalue weighted by molar-refractivity contribution is 0.0526. The number of nitrogens with zero attached hydrogens (tertiary/aromatic N) is 1. The van der Waals surface area contributed by atoms with Crippen LogP contribution in [-0.2, 0) is 19.5 Å². The third kappa shape index (κ3) is 5.50. The van der Waals surface area contributed by atoms with Crippen molar-refractivity contribution in [3.05, 3.63) is 28.2 Å². The lowest BCUT2D eigenvalue weighted by Crippen LogP contribution is -2.41. The lowest BCUT2D eigenvalue weighted by Gasteiger charge is -2.24. The number of carbonyl (C=O) groups is 1. The molecule has 0 bridgehead atoms. The van der Waals surface area contributed by atoms with E-state index in [0.717, 1.165) is 25.9 Å². The molecule has 146 valence electrons. The van der Waals surface area contributed by atoms with Crippen LogP contribution >= 0.6 is 15.9 Å². The van der Waals surface area contributed by atoms with Gasteiger partial charge >= 0.3 is 5.97 Å². The van der Waals surface area contributed by atoms with E-state index in [9.17, 15) is 13.2 Å². The maximum atomic E-state index is 12.6. The third-order valence-electron chi connectivity index (χ3n) is 4.32. The highest BCUT2D eigenvalue weighted by Gasteiger charge is 2.27. The van der Waals surface area contributed by atoms with Crippen molar-refractivity contribution in [2.45, 2.75) is 30.7 Å². The Morgan fingerprint density at radius 3 is 2.85 bits per heavy atom. The number of nitrogens with one attached hydrogen (secondary N) is 1. The van der Waals surface area contributed by atoms with Crippen LogP contribution < -0.4 is 4.72 Å². The molecule has 1 aliphatic heterocycles. The highest BCUT2D eigenvalue weighted by molar-refractivity contribution is 9.10. The van der Waals surface area contributed by atoms with Gasteiger partial charge in [0.1, 0.15) is 0 Å².